The van der Waals surface area contributed by atoms with Crippen LogP contribution in [0.25, 0.3) is 0 Å². The van der Waals surface area contributed by atoms with Crippen LogP contribution in [0.3, 0.4) is 0 Å². The first-order chi connectivity index (χ1) is 9.97. The first kappa shape index (κ1) is 18.7. The molecule has 5 nitrogen and oxygen atoms in total. The van der Waals surface area contributed by atoms with Crippen LogP contribution in [-0.4, -0.2) is 47.8 Å². The van der Waals surface area contributed by atoms with Crippen LogP contribution in [0.2, 0.25) is 0 Å². The van der Waals surface area contributed by atoms with E-state index in [0.717, 1.165) is 43.6 Å². The molecule has 1 saturated heterocycles. The van der Waals surface area contributed by atoms with Crippen molar-refractivity contribution >= 4 is 24.1 Å². The Kier molecular flexibility index (Phi) is 6.63. The van der Waals surface area contributed by atoms with Gasteiger partial charge < -0.3 is 15.2 Å². The van der Waals surface area contributed by atoms with Gasteiger partial charge in [-0.25, -0.2) is 0 Å². The summed E-state index contributed by atoms with van der Waals surface area (Å²) in [5.74, 6) is 0.0131. The molecule has 0 aliphatic carbocycles. The lowest BCUT2D eigenvalue weighted by molar-refractivity contribution is 0.0737. The van der Waals surface area contributed by atoms with Crippen molar-refractivity contribution in [3.8, 4) is 0 Å². The molecule has 1 aliphatic rings. The summed E-state index contributed by atoms with van der Waals surface area (Å²) >= 11 is 0. The highest BCUT2D eigenvalue weighted by molar-refractivity contribution is 6.02. The number of hydrogen-bond acceptors (Lipinski definition) is 3. The summed E-state index contributed by atoms with van der Waals surface area (Å²) in [5.41, 5.74) is 2.96. The number of rotatable bonds is 5. The molecule has 0 aromatic carbocycles. The smallest absolute Gasteiger partial charge is 0.270 e. The van der Waals surface area contributed by atoms with Gasteiger partial charge in [0.15, 0.2) is 5.78 Å². The molecule has 6 heteroatoms. The second-order valence-corrected chi connectivity index (χ2v) is 5.85. The number of aryl methyl sites for hydroxylation is 1. The molecular weight excluding hydrogens is 302 g/mol. The number of hydrogen-bond donors (Lipinski definition) is 2. The van der Waals surface area contributed by atoms with Crippen molar-refractivity contribution < 1.29 is 9.59 Å². The summed E-state index contributed by atoms with van der Waals surface area (Å²) in [4.78, 5) is 29.6. The molecule has 0 radical (unpaired) electrons. The summed E-state index contributed by atoms with van der Waals surface area (Å²) < 4.78 is 0. The molecule has 1 unspecified atom stereocenters. The number of carbonyl (C=O) groups is 2. The average molecular weight is 328 g/mol. The maximum atomic E-state index is 12.8. The van der Waals surface area contributed by atoms with Crippen LogP contribution in [0, 0.1) is 6.92 Å². The molecule has 1 atom stereocenters. The third-order valence-corrected chi connectivity index (χ3v) is 4.26. The number of likely N-dealkylation sites (N-methyl/N-ethyl adjacent to an activating group) is 1. The van der Waals surface area contributed by atoms with E-state index in [4.69, 9.17) is 0 Å². The lowest BCUT2D eigenvalue weighted by atomic mass is 10.0. The number of halogens is 1. The van der Waals surface area contributed by atoms with Gasteiger partial charge in [-0.15, -0.1) is 12.4 Å². The number of nitrogens with zero attached hydrogens (tertiary/aromatic N) is 1. The number of H-pyrrole nitrogens is 1. The number of aromatic amines is 1. The molecule has 1 aromatic heterocycles. The van der Waals surface area contributed by atoms with E-state index in [1.807, 2.05) is 14.0 Å². The fourth-order valence-corrected chi connectivity index (χ4v) is 3.15. The van der Waals surface area contributed by atoms with E-state index in [1.165, 1.54) is 0 Å². The SMILES string of the molecule is CCCc1c(C(=O)N(C)C2CCNC2)[nH]c(C)c1C(C)=O.Cl. The van der Waals surface area contributed by atoms with Crippen LogP contribution in [0.4, 0.5) is 0 Å². The highest BCUT2D eigenvalue weighted by Crippen LogP contribution is 2.23. The van der Waals surface area contributed by atoms with Crippen molar-refractivity contribution in [2.45, 2.75) is 46.1 Å². The van der Waals surface area contributed by atoms with Gasteiger partial charge in [-0.05, 0) is 38.8 Å². The van der Waals surface area contributed by atoms with Crippen molar-refractivity contribution in [3.05, 3.63) is 22.5 Å². The molecule has 1 aliphatic heterocycles. The second kappa shape index (κ2) is 7.79. The summed E-state index contributed by atoms with van der Waals surface area (Å²) in [6, 6.07) is 0.233. The van der Waals surface area contributed by atoms with Gasteiger partial charge in [0, 0.05) is 30.9 Å². The minimum absolute atomic E-state index is 0. The lowest BCUT2D eigenvalue weighted by Gasteiger charge is -2.23. The van der Waals surface area contributed by atoms with Gasteiger partial charge in [0.2, 0.25) is 0 Å². The molecule has 0 saturated carbocycles. The van der Waals surface area contributed by atoms with Crippen molar-refractivity contribution in [2.75, 3.05) is 20.1 Å². The van der Waals surface area contributed by atoms with Gasteiger partial charge in [-0.2, -0.15) is 0 Å². The van der Waals surface area contributed by atoms with Crippen molar-refractivity contribution in [1.29, 1.82) is 0 Å². The third-order valence-electron chi connectivity index (χ3n) is 4.26. The van der Waals surface area contributed by atoms with E-state index >= 15 is 0 Å². The Morgan fingerprint density at radius 1 is 1.36 bits per heavy atom. The van der Waals surface area contributed by atoms with Crippen LogP contribution < -0.4 is 5.32 Å². The molecule has 1 aromatic rings. The molecule has 0 bridgehead atoms. The van der Waals surface area contributed by atoms with Crippen LogP contribution in [0.5, 0.6) is 0 Å². The topological polar surface area (TPSA) is 65.2 Å². The highest BCUT2D eigenvalue weighted by atomic mass is 35.5. The van der Waals surface area contributed by atoms with Crippen LogP contribution in [-0.2, 0) is 6.42 Å². The zero-order valence-corrected chi connectivity index (χ0v) is 14.6. The summed E-state index contributed by atoms with van der Waals surface area (Å²) in [6.07, 6.45) is 2.63. The van der Waals surface area contributed by atoms with Crippen LogP contribution in [0.15, 0.2) is 0 Å². The number of aromatic nitrogens is 1. The minimum atomic E-state index is -0.0113. The molecule has 1 fully saturated rings. The van der Waals surface area contributed by atoms with Crippen molar-refractivity contribution in [2.24, 2.45) is 0 Å². The molecular formula is C16H26ClN3O2. The number of amides is 1. The van der Waals surface area contributed by atoms with E-state index in [-0.39, 0.29) is 30.1 Å². The first-order valence-electron chi connectivity index (χ1n) is 7.67. The van der Waals surface area contributed by atoms with Gasteiger partial charge in [-0.3, -0.25) is 9.59 Å². The van der Waals surface area contributed by atoms with Gasteiger partial charge >= 0.3 is 0 Å². The maximum absolute atomic E-state index is 12.8. The summed E-state index contributed by atoms with van der Waals surface area (Å²) in [6.45, 7) is 7.28. The van der Waals surface area contributed by atoms with Gasteiger partial charge in [0.1, 0.15) is 5.69 Å². The zero-order valence-electron chi connectivity index (χ0n) is 13.8. The van der Waals surface area contributed by atoms with Crippen molar-refractivity contribution in [3.63, 3.8) is 0 Å². The van der Waals surface area contributed by atoms with E-state index in [2.05, 4.69) is 17.2 Å². The Morgan fingerprint density at radius 2 is 2.05 bits per heavy atom. The van der Waals surface area contributed by atoms with E-state index in [9.17, 15) is 9.59 Å². The Labute approximate surface area is 138 Å². The second-order valence-electron chi connectivity index (χ2n) is 5.85. The highest BCUT2D eigenvalue weighted by Gasteiger charge is 2.28. The Morgan fingerprint density at radius 3 is 2.55 bits per heavy atom. The van der Waals surface area contributed by atoms with Gasteiger partial charge in [0.25, 0.3) is 5.91 Å². The van der Waals surface area contributed by atoms with Crippen molar-refractivity contribution in [1.82, 2.24) is 15.2 Å². The Bertz CT molecular complexity index is 548. The van der Waals surface area contributed by atoms with E-state index < -0.39 is 0 Å². The fourth-order valence-electron chi connectivity index (χ4n) is 3.15. The average Bonchev–Trinajstić information content (AvgIpc) is 3.05. The number of ketones is 1. The van der Waals surface area contributed by atoms with Crippen LogP contribution >= 0.6 is 12.4 Å². The van der Waals surface area contributed by atoms with E-state index in [0.29, 0.717) is 11.3 Å². The summed E-state index contributed by atoms with van der Waals surface area (Å²) in [7, 11) is 1.85. The van der Waals surface area contributed by atoms with E-state index in [1.54, 1.807) is 11.8 Å². The maximum Gasteiger partial charge on any atom is 0.270 e. The molecule has 2 rings (SSSR count). The molecule has 2 N–H and O–H groups in total. The first-order valence-corrected chi connectivity index (χ1v) is 7.67. The van der Waals surface area contributed by atoms with Gasteiger partial charge in [0.05, 0.1) is 0 Å². The molecule has 1 amide bonds. The molecule has 0 spiro atoms. The Balaban J connectivity index is 0.00000242. The summed E-state index contributed by atoms with van der Waals surface area (Å²) in [5, 5.41) is 3.28. The number of Topliss-reactive ketones (excluding diaryl/α,β-unsaturated/α-hetero) is 1. The number of nitrogens with one attached hydrogen (secondary N) is 2. The normalized spacial score (nSPS) is 17.2. The van der Waals surface area contributed by atoms with Crippen LogP contribution in [0.1, 0.15) is 58.8 Å². The predicted molar refractivity (Wildman–Crippen MR) is 90.1 cm³/mol. The third kappa shape index (κ3) is 3.52. The molecule has 124 valence electrons. The number of carbonyl (C=O) groups excluding carboxylic acids is 2. The fraction of sp³-hybridized carbons (Fsp3) is 0.625. The molecule has 22 heavy (non-hydrogen) atoms. The standard InChI is InChI=1S/C16H25N3O2.ClH/c1-5-6-13-14(11(3)20)10(2)18-15(13)16(21)19(4)12-7-8-17-9-12;/h12,17-18H,5-9H2,1-4H3;1H. The Hall–Kier alpha value is -1.33. The zero-order chi connectivity index (χ0) is 15.6. The predicted octanol–water partition coefficient (Wildman–Crippen LogP) is 2.33. The lowest BCUT2D eigenvalue weighted by Crippen LogP contribution is -2.39. The van der Waals surface area contributed by atoms with Gasteiger partial charge in [-0.1, -0.05) is 13.3 Å². The molecule has 2 heterocycles. The largest absolute Gasteiger partial charge is 0.354 e. The minimum Gasteiger partial charge on any atom is -0.354 e. The quantitative estimate of drug-likeness (QED) is 0.816. The monoisotopic (exact) mass is 327 g/mol.